The number of esters is 1. The van der Waals surface area contributed by atoms with Crippen molar-refractivity contribution in [1.82, 2.24) is 9.62 Å². The Kier molecular flexibility index (Phi) is 6.87. The summed E-state index contributed by atoms with van der Waals surface area (Å²) in [6.45, 7) is 3.32. The summed E-state index contributed by atoms with van der Waals surface area (Å²) in [5.41, 5.74) is 0. The van der Waals surface area contributed by atoms with Crippen molar-refractivity contribution in [1.29, 1.82) is 0 Å². The molecule has 118 valence electrons. The van der Waals surface area contributed by atoms with Crippen LogP contribution in [0.15, 0.2) is 0 Å². The van der Waals surface area contributed by atoms with Crippen LogP contribution in [-0.4, -0.2) is 68.4 Å². The van der Waals surface area contributed by atoms with Crippen molar-refractivity contribution in [3.63, 3.8) is 0 Å². The van der Waals surface area contributed by atoms with Gasteiger partial charge in [-0.3, -0.25) is 4.79 Å². The standard InChI is InChI=1S/C12H24N2O5S/c1-3-19-12(16)8-11(15)9-13-10-4-6-14(7-5-10)20(2,17)18/h10-11,13,15H,3-9H2,1-2H3. The van der Waals surface area contributed by atoms with Gasteiger partial charge in [0.05, 0.1) is 25.4 Å². The molecule has 8 heteroatoms. The second-order valence-corrected chi connectivity index (χ2v) is 6.99. The summed E-state index contributed by atoms with van der Waals surface area (Å²) in [7, 11) is -3.11. The number of sulfonamides is 1. The lowest BCUT2D eigenvalue weighted by Gasteiger charge is -2.31. The summed E-state index contributed by atoms with van der Waals surface area (Å²) in [6, 6.07) is 0.171. The number of carbonyl (C=O) groups excluding carboxylic acids is 1. The van der Waals surface area contributed by atoms with Crippen LogP contribution < -0.4 is 5.32 Å². The Labute approximate surface area is 120 Å². The molecule has 1 fully saturated rings. The average molecular weight is 308 g/mol. The number of rotatable bonds is 7. The fraction of sp³-hybridized carbons (Fsp3) is 0.917. The van der Waals surface area contributed by atoms with Gasteiger partial charge in [-0.05, 0) is 19.8 Å². The van der Waals surface area contributed by atoms with Crippen molar-refractivity contribution in [2.75, 3.05) is 32.5 Å². The SMILES string of the molecule is CCOC(=O)CC(O)CNC1CCN(S(C)(=O)=O)CC1. The van der Waals surface area contributed by atoms with Crippen molar-refractivity contribution in [3.05, 3.63) is 0 Å². The molecule has 0 aromatic heterocycles. The molecule has 0 spiro atoms. The summed E-state index contributed by atoms with van der Waals surface area (Å²) in [5, 5.41) is 12.9. The van der Waals surface area contributed by atoms with Gasteiger partial charge in [0.2, 0.25) is 10.0 Å². The third-order valence-corrected chi connectivity index (χ3v) is 4.58. The van der Waals surface area contributed by atoms with Gasteiger partial charge in [0.1, 0.15) is 0 Å². The molecule has 1 unspecified atom stereocenters. The fourth-order valence-electron chi connectivity index (χ4n) is 2.18. The van der Waals surface area contributed by atoms with Gasteiger partial charge in [-0.2, -0.15) is 0 Å². The third-order valence-electron chi connectivity index (χ3n) is 3.27. The molecule has 0 aromatic rings. The summed E-state index contributed by atoms with van der Waals surface area (Å²) in [5.74, 6) is -0.409. The lowest BCUT2D eigenvalue weighted by Crippen LogP contribution is -2.46. The number of nitrogens with zero attached hydrogens (tertiary/aromatic N) is 1. The van der Waals surface area contributed by atoms with Gasteiger partial charge >= 0.3 is 5.97 Å². The topological polar surface area (TPSA) is 95.9 Å². The summed E-state index contributed by atoms with van der Waals surface area (Å²) >= 11 is 0. The van der Waals surface area contributed by atoms with E-state index >= 15 is 0 Å². The maximum Gasteiger partial charge on any atom is 0.308 e. The number of hydrogen-bond donors (Lipinski definition) is 2. The maximum atomic E-state index is 11.4. The predicted octanol–water partition coefficient (Wildman–Crippen LogP) is -0.686. The van der Waals surface area contributed by atoms with E-state index in [-0.39, 0.29) is 12.5 Å². The van der Waals surface area contributed by atoms with Crippen LogP contribution in [0.2, 0.25) is 0 Å². The molecule has 7 nitrogen and oxygen atoms in total. The van der Waals surface area contributed by atoms with E-state index in [4.69, 9.17) is 4.74 Å². The number of aliphatic hydroxyl groups excluding tert-OH is 1. The molecule has 0 aromatic carbocycles. The van der Waals surface area contributed by atoms with Gasteiger partial charge in [0.25, 0.3) is 0 Å². The highest BCUT2D eigenvalue weighted by Gasteiger charge is 2.25. The lowest BCUT2D eigenvalue weighted by molar-refractivity contribution is -0.145. The molecule has 20 heavy (non-hydrogen) atoms. The first-order valence-corrected chi connectivity index (χ1v) is 8.70. The number of aliphatic hydroxyl groups is 1. The zero-order chi connectivity index (χ0) is 15.2. The minimum absolute atomic E-state index is 0.0248. The first kappa shape index (κ1) is 17.4. The molecule has 1 heterocycles. The first-order chi connectivity index (χ1) is 9.32. The van der Waals surface area contributed by atoms with E-state index < -0.39 is 22.1 Å². The molecule has 1 aliphatic rings. The zero-order valence-corrected chi connectivity index (χ0v) is 12.9. The Morgan fingerprint density at radius 2 is 2.05 bits per heavy atom. The summed E-state index contributed by atoms with van der Waals surface area (Å²) < 4.78 is 28.9. The number of carbonyl (C=O) groups is 1. The van der Waals surface area contributed by atoms with E-state index in [1.807, 2.05) is 0 Å². The van der Waals surface area contributed by atoms with Crippen molar-refractivity contribution in [2.24, 2.45) is 0 Å². The smallest absolute Gasteiger partial charge is 0.308 e. The van der Waals surface area contributed by atoms with Gasteiger partial charge < -0.3 is 15.2 Å². The van der Waals surface area contributed by atoms with Crippen molar-refractivity contribution in [3.8, 4) is 0 Å². The average Bonchev–Trinajstić information content (AvgIpc) is 2.36. The summed E-state index contributed by atoms with van der Waals surface area (Å²) in [6.07, 6.45) is 1.83. The van der Waals surface area contributed by atoms with Crippen LogP contribution in [0.4, 0.5) is 0 Å². The van der Waals surface area contributed by atoms with Gasteiger partial charge in [0, 0.05) is 25.7 Å². The second-order valence-electron chi connectivity index (χ2n) is 5.01. The van der Waals surface area contributed by atoms with Crippen LogP contribution in [0, 0.1) is 0 Å². The monoisotopic (exact) mass is 308 g/mol. The van der Waals surface area contributed by atoms with E-state index in [1.165, 1.54) is 10.6 Å². The Morgan fingerprint density at radius 1 is 1.45 bits per heavy atom. The number of piperidine rings is 1. The van der Waals surface area contributed by atoms with Gasteiger partial charge in [0.15, 0.2) is 0 Å². The molecule has 1 saturated heterocycles. The van der Waals surface area contributed by atoms with Crippen LogP contribution in [0.5, 0.6) is 0 Å². The van der Waals surface area contributed by atoms with E-state index in [2.05, 4.69) is 5.32 Å². The van der Waals surface area contributed by atoms with E-state index in [1.54, 1.807) is 6.92 Å². The van der Waals surface area contributed by atoms with Crippen LogP contribution in [-0.2, 0) is 19.6 Å². The van der Waals surface area contributed by atoms with Crippen molar-refractivity contribution < 1.29 is 23.1 Å². The Hall–Kier alpha value is -0.700. The normalized spacial score (nSPS) is 19.8. The van der Waals surface area contributed by atoms with E-state index in [9.17, 15) is 18.3 Å². The van der Waals surface area contributed by atoms with Crippen molar-refractivity contribution in [2.45, 2.75) is 38.3 Å². The Morgan fingerprint density at radius 3 is 2.55 bits per heavy atom. The molecule has 1 rings (SSSR count). The van der Waals surface area contributed by atoms with E-state index in [0.717, 1.165) is 0 Å². The number of hydrogen-bond acceptors (Lipinski definition) is 6. The molecular formula is C12H24N2O5S. The molecule has 0 radical (unpaired) electrons. The van der Waals surface area contributed by atoms with Crippen LogP contribution >= 0.6 is 0 Å². The van der Waals surface area contributed by atoms with Gasteiger partial charge in [-0.25, -0.2) is 12.7 Å². The molecule has 1 aliphatic heterocycles. The Balaban J connectivity index is 2.23. The van der Waals surface area contributed by atoms with Crippen LogP contribution in [0.1, 0.15) is 26.2 Å². The fourth-order valence-corrected chi connectivity index (χ4v) is 3.05. The second kappa shape index (κ2) is 7.92. The summed E-state index contributed by atoms with van der Waals surface area (Å²) in [4.78, 5) is 11.2. The van der Waals surface area contributed by atoms with Crippen LogP contribution in [0.3, 0.4) is 0 Å². The quantitative estimate of drug-likeness (QED) is 0.605. The molecule has 2 N–H and O–H groups in total. The highest BCUT2D eigenvalue weighted by atomic mass is 32.2. The number of nitrogens with one attached hydrogen (secondary N) is 1. The predicted molar refractivity (Wildman–Crippen MR) is 74.7 cm³/mol. The zero-order valence-electron chi connectivity index (χ0n) is 12.0. The maximum absolute atomic E-state index is 11.4. The molecule has 1 atom stereocenters. The molecule has 0 aliphatic carbocycles. The minimum Gasteiger partial charge on any atom is -0.466 e. The van der Waals surface area contributed by atoms with Gasteiger partial charge in [-0.1, -0.05) is 0 Å². The largest absolute Gasteiger partial charge is 0.466 e. The minimum atomic E-state index is -3.11. The first-order valence-electron chi connectivity index (χ1n) is 6.85. The van der Waals surface area contributed by atoms with Crippen LogP contribution in [0.25, 0.3) is 0 Å². The number of ether oxygens (including phenoxy) is 1. The third kappa shape index (κ3) is 6.17. The molecular weight excluding hydrogens is 284 g/mol. The van der Waals surface area contributed by atoms with Crippen molar-refractivity contribution >= 4 is 16.0 Å². The van der Waals surface area contributed by atoms with Gasteiger partial charge in [-0.15, -0.1) is 0 Å². The highest BCUT2D eigenvalue weighted by Crippen LogP contribution is 2.13. The Bertz CT molecular complexity index is 404. The highest BCUT2D eigenvalue weighted by molar-refractivity contribution is 7.88. The molecule has 0 amide bonds. The molecule has 0 bridgehead atoms. The molecule has 0 saturated carbocycles. The lowest BCUT2D eigenvalue weighted by atomic mass is 10.1. The van der Waals surface area contributed by atoms with E-state index in [0.29, 0.717) is 39.1 Å².